The number of morpholine rings is 1. The van der Waals surface area contributed by atoms with Crippen molar-refractivity contribution in [3.63, 3.8) is 0 Å². The zero-order valence-electron chi connectivity index (χ0n) is 10.2. The van der Waals surface area contributed by atoms with E-state index in [0.29, 0.717) is 18.0 Å². The highest BCUT2D eigenvalue weighted by atomic mass is 16.5. The summed E-state index contributed by atoms with van der Waals surface area (Å²) < 4.78 is 5.62. The standard InChI is InChI=1S/C11H18N4O2/c1-3-15-4-5-17-8(6-15)10-13-9(12)7(2)11(16)14-10/h8H,3-6H2,1-2H3,(H3,12,13,14,16). The van der Waals surface area contributed by atoms with Crippen molar-refractivity contribution in [3.05, 3.63) is 21.7 Å². The Balaban J connectivity index is 2.25. The first-order valence-electron chi connectivity index (χ1n) is 5.82. The molecular formula is C11H18N4O2. The number of hydrogen-bond donors (Lipinski definition) is 2. The molecule has 6 heteroatoms. The van der Waals surface area contributed by atoms with Crippen molar-refractivity contribution >= 4 is 5.82 Å². The summed E-state index contributed by atoms with van der Waals surface area (Å²) in [6.45, 7) is 7.02. The van der Waals surface area contributed by atoms with Crippen molar-refractivity contribution in [1.82, 2.24) is 14.9 Å². The summed E-state index contributed by atoms with van der Waals surface area (Å²) in [5.74, 6) is 0.803. The fourth-order valence-electron chi connectivity index (χ4n) is 1.88. The molecule has 2 rings (SSSR count). The van der Waals surface area contributed by atoms with Crippen LogP contribution < -0.4 is 11.3 Å². The van der Waals surface area contributed by atoms with Crippen LogP contribution in [0.15, 0.2) is 4.79 Å². The number of H-pyrrole nitrogens is 1. The van der Waals surface area contributed by atoms with Crippen molar-refractivity contribution in [2.45, 2.75) is 20.0 Å². The van der Waals surface area contributed by atoms with E-state index in [4.69, 9.17) is 10.5 Å². The molecule has 0 radical (unpaired) electrons. The van der Waals surface area contributed by atoms with Crippen LogP contribution >= 0.6 is 0 Å². The quantitative estimate of drug-likeness (QED) is 0.760. The molecule has 0 saturated carbocycles. The highest BCUT2D eigenvalue weighted by Crippen LogP contribution is 2.19. The lowest BCUT2D eigenvalue weighted by Gasteiger charge is -2.31. The van der Waals surface area contributed by atoms with Crippen LogP contribution in [0.4, 0.5) is 5.82 Å². The molecule has 94 valence electrons. The Labute approximate surface area is 99.8 Å². The minimum Gasteiger partial charge on any atom is -0.383 e. The number of ether oxygens (including phenoxy) is 1. The number of nitrogen functional groups attached to an aromatic ring is 1. The van der Waals surface area contributed by atoms with Gasteiger partial charge in [0.25, 0.3) is 5.56 Å². The summed E-state index contributed by atoms with van der Waals surface area (Å²) in [5.41, 5.74) is 5.96. The summed E-state index contributed by atoms with van der Waals surface area (Å²) in [7, 11) is 0. The highest BCUT2D eigenvalue weighted by molar-refractivity contribution is 5.36. The number of likely N-dealkylation sites (N-methyl/N-ethyl adjacent to an activating group) is 1. The maximum Gasteiger partial charge on any atom is 0.255 e. The molecule has 0 spiro atoms. The van der Waals surface area contributed by atoms with Crippen molar-refractivity contribution in [3.8, 4) is 0 Å². The largest absolute Gasteiger partial charge is 0.383 e. The number of aromatic amines is 1. The van der Waals surface area contributed by atoms with Gasteiger partial charge in [0, 0.05) is 13.1 Å². The summed E-state index contributed by atoms with van der Waals surface area (Å²) >= 11 is 0. The highest BCUT2D eigenvalue weighted by Gasteiger charge is 2.23. The number of anilines is 1. The zero-order valence-corrected chi connectivity index (χ0v) is 10.2. The molecule has 0 amide bonds. The van der Waals surface area contributed by atoms with E-state index in [0.717, 1.165) is 19.6 Å². The topological polar surface area (TPSA) is 84.2 Å². The lowest BCUT2D eigenvalue weighted by Crippen LogP contribution is -2.39. The van der Waals surface area contributed by atoms with Crippen LogP contribution in [0.3, 0.4) is 0 Å². The van der Waals surface area contributed by atoms with E-state index in [9.17, 15) is 4.79 Å². The molecule has 1 unspecified atom stereocenters. The lowest BCUT2D eigenvalue weighted by molar-refractivity contribution is -0.0326. The van der Waals surface area contributed by atoms with Gasteiger partial charge in [-0.15, -0.1) is 0 Å². The summed E-state index contributed by atoms with van der Waals surface area (Å²) in [6.07, 6.45) is -0.195. The normalized spacial score (nSPS) is 21.6. The van der Waals surface area contributed by atoms with E-state index in [-0.39, 0.29) is 17.5 Å². The number of nitrogens with zero attached hydrogens (tertiary/aromatic N) is 2. The van der Waals surface area contributed by atoms with Gasteiger partial charge in [-0.2, -0.15) is 0 Å². The molecule has 1 saturated heterocycles. The van der Waals surface area contributed by atoms with Crippen LogP contribution in [0.1, 0.15) is 24.4 Å². The number of aromatic nitrogens is 2. The number of nitrogens with one attached hydrogen (secondary N) is 1. The molecule has 1 fully saturated rings. The molecule has 1 aliphatic heterocycles. The molecular weight excluding hydrogens is 220 g/mol. The first-order valence-corrected chi connectivity index (χ1v) is 5.82. The summed E-state index contributed by atoms with van der Waals surface area (Å²) in [6, 6.07) is 0. The van der Waals surface area contributed by atoms with Gasteiger partial charge < -0.3 is 15.5 Å². The molecule has 1 aromatic heterocycles. The fourth-order valence-corrected chi connectivity index (χ4v) is 1.88. The maximum atomic E-state index is 11.6. The van der Waals surface area contributed by atoms with E-state index in [1.165, 1.54) is 0 Å². The second-order valence-corrected chi connectivity index (χ2v) is 4.21. The van der Waals surface area contributed by atoms with Gasteiger partial charge in [-0.05, 0) is 13.5 Å². The Bertz CT molecular complexity index is 457. The average molecular weight is 238 g/mol. The molecule has 1 aliphatic rings. The van der Waals surface area contributed by atoms with E-state index in [2.05, 4.69) is 21.8 Å². The van der Waals surface area contributed by atoms with Crippen LogP contribution in [-0.4, -0.2) is 41.1 Å². The molecule has 2 heterocycles. The van der Waals surface area contributed by atoms with Gasteiger partial charge in [0.15, 0.2) is 0 Å². The first-order chi connectivity index (χ1) is 8.11. The molecule has 6 nitrogen and oxygen atoms in total. The predicted octanol–water partition coefficient (Wildman–Crippen LogP) is 0.0537. The van der Waals surface area contributed by atoms with Gasteiger partial charge in [-0.1, -0.05) is 6.92 Å². The van der Waals surface area contributed by atoms with Gasteiger partial charge >= 0.3 is 0 Å². The van der Waals surface area contributed by atoms with E-state index in [1.807, 2.05) is 0 Å². The Morgan fingerprint density at radius 3 is 3.06 bits per heavy atom. The van der Waals surface area contributed by atoms with Crippen molar-refractivity contribution in [1.29, 1.82) is 0 Å². The second kappa shape index (κ2) is 4.85. The number of nitrogens with two attached hydrogens (primary N) is 1. The van der Waals surface area contributed by atoms with E-state index < -0.39 is 0 Å². The fraction of sp³-hybridized carbons (Fsp3) is 0.636. The first kappa shape index (κ1) is 12.1. The molecule has 0 bridgehead atoms. The number of hydrogen-bond acceptors (Lipinski definition) is 5. The Kier molecular flexibility index (Phi) is 3.44. The molecule has 1 aromatic rings. The van der Waals surface area contributed by atoms with Crippen molar-refractivity contribution in [2.75, 3.05) is 32.0 Å². The van der Waals surface area contributed by atoms with Crippen molar-refractivity contribution < 1.29 is 4.74 Å². The maximum absolute atomic E-state index is 11.6. The molecule has 3 N–H and O–H groups in total. The van der Waals surface area contributed by atoms with Crippen LogP contribution in [0.5, 0.6) is 0 Å². The Hall–Kier alpha value is -1.40. The van der Waals surface area contributed by atoms with Crippen molar-refractivity contribution in [2.24, 2.45) is 0 Å². The SMILES string of the molecule is CCN1CCOC(c2nc(N)c(C)c(=O)[nH]2)C1. The predicted molar refractivity (Wildman–Crippen MR) is 64.8 cm³/mol. The zero-order chi connectivity index (χ0) is 12.4. The second-order valence-electron chi connectivity index (χ2n) is 4.21. The smallest absolute Gasteiger partial charge is 0.255 e. The van der Waals surface area contributed by atoms with Crippen LogP contribution in [0.2, 0.25) is 0 Å². The van der Waals surface area contributed by atoms with E-state index in [1.54, 1.807) is 6.92 Å². The van der Waals surface area contributed by atoms with Gasteiger partial charge in [0.2, 0.25) is 0 Å². The van der Waals surface area contributed by atoms with Crippen LogP contribution in [0, 0.1) is 6.92 Å². The van der Waals surface area contributed by atoms with Gasteiger partial charge in [-0.25, -0.2) is 4.98 Å². The number of rotatable bonds is 2. The Morgan fingerprint density at radius 2 is 2.41 bits per heavy atom. The van der Waals surface area contributed by atoms with Gasteiger partial charge in [0.05, 0.1) is 12.2 Å². The third-order valence-corrected chi connectivity index (χ3v) is 3.11. The molecule has 17 heavy (non-hydrogen) atoms. The van der Waals surface area contributed by atoms with Gasteiger partial charge in [0.1, 0.15) is 17.7 Å². The third-order valence-electron chi connectivity index (χ3n) is 3.11. The molecule has 1 atom stereocenters. The van der Waals surface area contributed by atoms with Crippen LogP contribution in [-0.2, 0) is 4.74 Å². The summed E-state index contributed by atoms with van der Waals surface area (Å²) in [4.78, 5) is 20.8. The minimum atomic E-state index is -0.195. The lowest BCUT2D eigenvalue weighted by atomic mass is 10.2. The van der Waals surface area contributed by atoms with Gasteiger partial charge in [-0.3, -0.25) is 9.69 Å². The monoisotopic (exact) mass is 238 g/mol. The molecule has 0 aromatic carbocycles. The molecule has 0 aliphatic carbocycles. The Morgan fingerprint density at radius 1 is 1.65 bits per heavy atom. The summed E-state index contributed by atoms with van der Waals surface area (Å²) in [5, 5.41) is 0. The van der Waals surface area contributed by atoms with E-state index >= 15 is 0 Å². The average Bonchev–Trinajstić information content (AvgIpc) is 2.35. The minimum absolute atomic E-state index is 0.190. The van der Waals surface area contributed by atoms with Crippen LogP contribution in [0.25, 0.3) is 0 Å². The third kappa shape index (κ3) is 2.48.